The van der Waals surface area contributed by atoms with Gasteiger partial charge in [-0.25, -0.2) is 13.2 Å². The number of nitrogens with one attached hydrogen (secondary N) is 2. The quantitative estimate of drug-likeness (QED) is 0.730. The Labute approximate surface area is 176 Å². The van der Waals surface area contributed by atoms with E-state index in [9.17, 15) is 13.2 Å². The first-order valence-corrected chi connectivity index (χ1v) is 11.4. The Morgan fingerprint density at radius 2 is 1.83 bits per heavy atom. The van der Waals surface area contributed by atoms with Gasteiger partial charge >= 0.3 is 6.03 Å². The summed E-state index contributed by atoms with van der Waals surface area (Å²) < 4.78 is 28.9. The third kappa shape index (κ3) is 4.41. The van der Waals surface area contributed by atoms with Crippen molar-refractivity contribution in [2.75, 3.05) is 23.7 Å². The summed E-state index contributed by atoms with van der Waals surface area (Å²) in [4.78, 5) is 12.5. The van der Waals surface area contributed by atoms with Crippen molar-refractivity contribution in [2.45, 2.75) is 51.5 Å². The van der Waals surface area contributed by atoms with Gasteiger partial charge in [-0.15, -0.1) is 0 Å². The molecule has 10 heteroatoms. The number of hydrogen-bond donors (Lipinski definition) is 2. The number of carbonyl (C=O) groups is 1. The van der Waals surface area contributed by atoms with Crippen LogP contribution in [0, 0.1) is 13.8 Å². The molecule has 0 aliphatic carbocycles. The number of amides is 2. The standard InChI is InChI=1S/C19H26ClN5O3S/c1-12(2)25-14(4)18(13(3)23-25)22-19(26)21-15-7-8-16(20)17(11-15)29(27,28)24-9-5-6-10-24/h7-8,11-12H,5-6,9-10H2,1-4H3,(H2,21,22,26). The molecule has 8 nitrogen and oxygen atoms in total. The molecule has 1 saturated heterocycles. The fourth-order valence-electron chi connectivity index (χ4n) is 3.47. The van der Waals surface area contributed by atoms with Gasteiger partial charge in [0, 0.05) is 24.8 Å². The molecular formula is C19H26ClN5O3S. The van der Waals surface area contributed by atoms with Crippen molar-refractivity contribution in [3.63, 3.8) is 0 Å². The van der Waals surface area contributed by atoms with Crippen LogP contribution in [0.3, 0.4) is 0 Å². The largest absolute Gasteiger partial charge is 0.323 e. The van der Waals surface area contributed by atoms with Gasteiger partial charge in [-0.1, -0.05) is 11.6 Å². The smallest absolute Gasteiger partial charge is 0.308 e. The number of aryl methyl sites for hydroxylation is 1. The molecule has 0 bridgehead atoms. The van der Waals surface area contributed by atoms with E-state index in [1.807, 2.05) is 32.4 Å². The van der Waals surface area contributed by atoms with Gasteiger partial charge in [0.15, 0.2) is 0 Å². The number of nitrogens with zero attached hydrogens (tertiary/aromatic N) is 3. The minimum atomic E-state index is -3.69. The van der Waals surface area contributed by atoms with Crippen LogP contribution in [0.5, 0.6) is 0 Å². The summed E-state index contributed by atoms with van der Waals surface area (Å²) in [5.41, 5.74) is 2.53. The molecule has 1 aromatic carbocycles. The third-order valence-corrected chi connectivity index (χ3v) is 7.30. The Balaban J connectivity index is 1.80. The summed E-state index contributed by atoms with van der Waals surface area (Å²) in [6, 6.07) is 4.14. The van der Waals surface area contributed by atoms with Crippen molar-refractivity contribution < 1.29 is 13.2 Å². The van der Waals surface area contributed by atoms with Gasteiger partial charge in [-0.3, -0.25) is 4.68 Å². The summed E-state index contributed by atoms with van der Waals surface area (Å²) in [5, 5.41) is 10.1. The first-order chi connectivity index (χ1) is 13.6. The van der Waals surface area contributed by atoms with E-state index in [-0.39, 0.29) is 16.0 Å². The number of urea groups is 1. The number of rotatable bonds is 5. The van der Waals surface area contributed by atoms with E-state index in [4.69, 9.17) is 11.6 Å². The zero-order valence-corrected chi connectivity index (χ0v) is 18.6. The fourth-order valence-corrected chi connectivity index (χ4v) is 5.49. The van der Waals surface area contributed by atoms with Crippen LogP contribution in [-0.2, 0) is 10.0 Å². The minimum Gasteiger partial charge on any atom is -0.308 e. The Hall–Kier alpha value is -2.10. The average Bonchev–Trinajstić information content (AvgIpc) is 3.28. The lowest BCUT2D eigenvalue weighted by atomic mass is 10.3. The Bertz CT molecular complexity index is 1030. The molecule has 1 aromatic heterocycles. The second-order valence-electron chi connectivity index (χ2n) is 7.42. The second kappa shape index (κ2) is 8.33. The minimum absolute atomic E-state index is 0.00106. The summed E-state index contributed by atoms with van der Waals surface area (Å²) >= 11 is 6.15. The van der Waals surface area contributed by atoms with Crippen LogP contribution in [0.15, 0.2) is 23.1 Å². The van der Waals surface area contributed by atoms with Crippen molar-refractivity contribution in [1.29, 1.82) is 0 Å². The molecule has 29 heavy (non-hydrogen) atoms. The maximum absolute atomic E-state index is 12.8. The summed E-state index contributed by atoms with van der Waals surface area (Å²) in [7, 11) is -3.69. The van der Waals surface area contributed by atoms with Gasteiger partial charge in [0.1, 0.15) is 4.90 Å². The van der Waals surface area contributed by atoms with E-state index in [2.05, 4.69) is 15.7 Å². The van der Waals surface area contributed by atoms with Crippen molar-refractivity contribution in [2.24, 2.45) is 0 Å². The number of hydrogen-bond acceptors (Lipinski definition) is 4. The van der Waals surface area contributed by atoms with Crippen LogP contribution in [0.2, 0.25) is 5.02 Å². The molecule has 1 aliphatic rings. The van der Waals surface area contributed by atoms with Crippen molar-refractivity contribution in [1.82, 2.24) is 14.1 Å². The third-order valence-electron chi connectivity index (χ3n) is 4.92. The molecule has 2 N–H and O–H groups in total. The predicted molar refractivity (Wildman–Crippen MR) is 114 cm³/mol. The first-order valence-electron chi connectivity index (χ1n) is 9.54. The molecule has 2 aromatic rings. The van der Waals surface area contributed by atoms with Gasteiger partial charge in [0.2, 0.25) is 10.0 Å². The van der Waals surface area contributed by atoms with E-state index >= 15 is 0 Å². The highest BCUT2D eigenvalue weighted by atomic mass is 35.5. The summed E-state index contributed by atoms with van der Waals surface area (Å²) in [6.45, 7) is 8.70. The zero-order valence-electron chi connectivity index (χ0n) is 17.0. The van der Waals surface area contributed by atoms with E-state index in [1.165, 1.54) is 16.4 Å². The molecule has 2 amide bonds. The van der Waals surface area contributed by atoms with Gasteiger partial charge in [-0.05, 0) is 58.7 Å². The molecule has 158 valence electrons. The predicted octanol–water partition coefficient (Wildman–Crippen LogP) is 4.16. The van der Waals surface area contributed by atoms with E-state index in [1.54, 1.807) is 6.07 Å². The maximum atomic E-state index is 12.8. The Morgan fingerprint density at radius 3 is 2.41 bits per heavy atom. The Morgan fingerprint density at radius 1 is 1.17 bits per heavy atom. The topological polar surface area (TPSA) is 96.3 Å². The lowest BCUT2D eigenvalue weighted by Gasteiger charge is -2.17. The molecule has 0 spiro atoms. The molecule has 0 atom stereocenters. The monoisotopic (exact) mass is 439 g/mol. The lowest BCUT2D eigenvalue weighted by Crippen LogP contribution is -2.28. The highest BCUT2D eigenvalue weighted by Gasteiger charge is 2.29. The number of anilines is 2. The van der Waals surface area contributed by atoms with Gasteiger partial charge in [-0.2, -0.15) is 9.40 Å². The number of halogens is 1. The van der Waals surface area contributed by atoms with Crippen LogP contribution in [0.1, 0.15) is 44.1 Å². The fraction of sp³-hybridized carbons (Fsp3) is 0.474. The van der Waals surface area contributed by atoms with Crippen LogP contribution in [0.25, 0.3) is 0 Å². The molecule has 3 rings (SSSR count). The number of aromatic nitrogens is 2. The van der Waals surface area contributed by atoms with Crippen LogP contribution >= 0.6 is 11.6 Å². The maximum Gasteiger partial charge on any atom is 0.323 e. The number of sulfonamides is 1. The molecule has 1 fully saturated rings. The SMILES string of the molecule is Cc1nn(C(C)C)c(C)c1NC(=O)Nc1ccc(Cl)c(S(=O)(=O)N2CCCC2)c1. The second-order valence-corrected chi connectivity index (χ2v) is 9.73. The van der Waals surface area contributed by atoms with Crippen molar-refractivity contribution in [3.05, 3.63) is 34.6 Å². The molecule has 2 heterocycles. The van der Waals surface area contributed by atoms with Gasteiger partial charge in [0.05, 0.1) is 22.1 Å². The van der Waals surface area contributed by atoms with Crippen LogP contribution in [0.4, 0.5) is 16.2 Å². The molecule has 0 saturated carbocycles. The number of carbonyl (C=O) groups excluding carboxylic acids is 1. The lowest BCUT2D eigenvalue weighted by molar-refractivity contribution is 0.262. The van der Waals surface area contributed by atoms with Crippen molar-refractivity contribution in [3.8, 4) is 0 Å². The molecule has 1 aliphatic heterocycles. The Kier molecular flexibility index (Phi) is 6.21. The van der Waals surface area contributed by atoms with E-state index in [0.717, 1.165) is 18.5 Å². The molecular weight excluding hydrogens is 414 g/mol. The molecule has 0 radical (unpaired) electrons. The van der Waals surface area contributed by atoms with E-state index in [0.29, 0.717) is 30.2 Å². The zero-order chi connectivity index (χ0) is 21.3. The summed E-state index contributed by atoms with van der Waals surface area (Å²) in [5.74, 6) is 0. The highest BCUT2D eigenvalue weighted by Crippen LogP contribution is 2.30. The highest BCUT2D eigenvalue weighted by molar-refractivity contribution is 7.89. The summed E-state index contributed by atoms with van der Waals surface area (Å²) in [6.07, 6.45) is 1.67. The van der Waals surface area contributed by atoms with E-state index < -0.39 is 16.1 Å². The van der Waals surface area contributed by atoms with Crippen molar-refractivity contribution >= 4 is 39.0 Å². The average molecular weight is 440 g/mol. The normalized spacial score (nSPS) is 15.1. The van der Waals surface area contributed by atoms with Crippen LogP contribution in [-0.4, -0.2) is 41.6 Å². The molecule has 0 unspecified atom stereocenters. The van der Waals surface area contributed by atoms with Crippen LogP contribution < -0.4 is 10.6 Å². The number of benzene rings is 1. The van der Waals surface area contributed by atoms with Gasteiger partial charge < -0.3 is 10.6 Å². The first kappa shape index (κ1) is 21.6. The van der Waals surface area contributed by atoms with Gasteiger partial charge in [0.25, 0.3) is 0 Å².